The molecule has 0 radical (unpaired) electrons. The van der Waals surface area contributed by atoms with E-state index in [1.54, 1.807) is 24.3 Å². The van der Waals surface area contributed by atoms with Gasteiger partial charge in [0, 0.05) is 17.8 Å². The van der Waals surface area contributed by atoms with Crippen molar-refractivity contribution in [2.75, 3.05) is 18.6 Å². The number of nitrogens with one attached hydrogen (secondary N) is 1. The van der Waals surface area contributed by atoms with Crippen LogP contribution in [0.1, 0.15) is 24.2 Å². The predicted octanol–water partition coefficient (Wildman–Crippen LogP) is 1.22. The number of amides is 1. The van der Waals surface area contributed by atoms with Gasteiger partial charge < -0.3 is 15.1 Å². The van der Waals surface area contributed by atoms with Gasteiger partial charge in [-0.3, -0.25) is 10.6 Å². The largest absolute Gasteiger partial charge is 0.375 e. The van der Waals surface area contributed by atoms with E-state index < -0.39 is 0 Å². The second-order valence-electron chi connectivity index (χ2n) is 4.67. The molecule has 0 bridgehead atoms. The Morgan fingerprint density at radius 2 is 2.06 bits per heavy atom. The quantitative estimate of drug-likeness (QED) is 0.611. The third-order valence-corrected chi connectivity index (χ3v) is 3.17. The average molecular weight is 249 g/mol. The summed E-state index contributed by atoms with van der Waals surface area (Å²) in [6.07, 6.45) is 0.0927. The molecule has 1 fully saturated rings. The number of nitrogens with two attached hydrogens (primary N) is 1. The van der Waals surface area contributed by atoms with Crippen LogP contribution in [-0.2, 0) is 4.74 Å². The predicted molar refractivity (Wildman–Crippen MR) is 70.2 cm³/mol. The second-order valence-corrected chi connectivity index (χ2v) is 4.67. The summed E-state index contributed by atoms with van der Waals surface area (Å²) in [5.41, 5.74) is 4.01. The highest BCUT2D eigenvalue weighted by Crippen LogP contribution is 2.16. The Morgan fingerprint density at radius 1 is 1.39 bits per heavy atom. The first-order valence-electron chi connectivity index (χ1n) is 6.11. The monoisotopic (exact) mass is 249 g/mol. The minimum absolute atomic E-state index is 0.0428. The Labute approximate surface area is 107 Å². The maximum absolute atomic E-state index is 12.4. The van der Waals surface area contributed by atoms with E-state index in [2.05, 4.69) is 5.43 Å². The molecule has 1 aromatic carbocycles. The number of hydrogen-bond donors (Lipinski definition) is 2. The van der Waals surface area contributed by atoms with E-state index >= 15 is 0 Å². The maximum atomic E-state index is 12.4. The molecule has 0 aliphatic carbocycles. The van der Waals surface area contributed by atoms with Crippen LogP contribution in [0, 0.1) is 0 Å². The van der Waals surface area contributed by atoms with Gasteiger partial charge in [-0.05, 0) is 38.1 Å². The molecule has 1 aromatic rings. The molecule has 1 heterocycles. The van der Waals surface area contributed by atoms with Crippen molar-refractivity contribution in [1.29, 1.82) is 0 Å². The number of carbonyl (C=O) groups excluding carboxylic acids is 1. The summed E-state index contributed by atoms with van der Waals surface area (Å²) >= 11 is 0. The van der Waals surface area contributed by atoms with E-state index in [1.807, 2.05) is 18.7 Å². The summed E-state index contributed by atoms with van der Waals surface area (Å²) < 4.78 is 5.52. The molecular weight excluding hydrogens is 230 g/mol. The first-order valence-corrected chi connectivity index (χ1v) is 6.11. The Bertz CT molecular complexity index is 419. The van der Waals surface area contributed by atoms with Crippen LogP contribution in [0.15, 0.2) is 24.3 Å². The van der Waals surface area contributed by atoms with Gasteiger partial charge in [0.05, 0.1) is 18.8 Å². The van der Waals surface area contributed by atoms with Crippen LogP contribution in [0.25, 0.3) is 0 Å². The van der Waals surface area contributed by atoms with Gasteiger partial charge in [0.25, 0.3) is 5.91 Å². The molecule has 5 nitrogen and oxygen atoms in total. The molecule has 1 aliphatic rings. The van der Waals surface area contributed by atoms with Crippen molar-refractivity contribution in [3.8, 4) is 0 Å². The highest BCUT2D eigenvalue weighted by Gasteiger charge is 2.28. The minimum Gasteiger partial charge on any atom is -0.375 e. The summed E-state index contributed by atoms with van der Waals surface area (Å²) in [6.45, 7) is 5.21. The molecule has 5 heteroatoms. The Morgan fingerprint density at radius 3 is 2.67 bits per heavy atom. The van der Waals surface area contributed by atoms with E-state index in [-0.39, 0.29) is 18.1 Å². The summed E-state index contributed by atoms with van der Waals surface area (Å²) in [4.78, 5) is 14.2. The number of rotatable bonds is 2. The fraction of sp³-hybridized carbons (Fsp3) is 0.462. The van der Waals surface area contributed by atoms with Gasteiger partial charge in [-0.25, -0.2) is 0 Å². The first-order chi connectivity index (χ1) is 8.61. The van der Waals surface area contributed by atoms with Gasteiger partial charge in [0.15, 0.2) is 0 Å². The third-order valence-electron chi connectivity index (χ3n) is 3.17. The zero-order chi connectivity index (χ0) is 13.1. The summed E-state index contributed by atoms with van der Waals surface area (Å²) in [5, 5.41) is 0. The Kier molecular flexibility index (Phi) is 3.84. The lowest BCUT2D eigenvalue weighted by atomic mass is 10.1. The topological polar surface area (TPSA) is 67.6 Å². The Hall–Kier alpha value is -1.59. The Balaban J connectivity index is 2.13. The van der Waals surface area contributed by atoms with Crippen LogP contribution in [0.4, 0.5) is 5.69 Å². The van der Waals surface area contributed by atoms with Crippen molar-refractivity contribution in [2.24, 2.45) is 5.84 Å². The van der Waals surface area contributed by atoms with Gasteiger partial charge in [0.1, 0.15) is 0 Å². The highest BCUT2D eigenvalue weighted by molar-refractivity contribution is 5.94. The molecule has 0 saturated carbocycles. The standard InChI is InChI=1S/C13H19N3O2/c1-9-8-18-10(2)7-16(9)13(17)11-3-5-12(15-14)6-4-11/h3-6,9-10,15H,7-8,14H2,1-2H3. The molecular formula is C13H19N3O2. The van der Waals surface area contributed by atoms with E-state index in [9.17, 15) is 4.79 Å². The number of benzene rings is 1. The number of anilines is 1. The van der Waals surface area contributed by atoms with Crippen molar-refractivity contribution in [1.82, 2.24) is 4.90 Å². The fourth-order valence-electron chi connectivity index (χ4n) is 2.06. The highest BCUT2D eigenvalue weighted by atomic mass is 16.5. The second kappa shape index (κ2) is 5.37. The zero-order valence-electron chi connectivity index (χ0n) is 10.7. The van der Waals surface area contributed by atoms with Gasteiger partial charge in [-0.1, -0.05) is 0 Å². The van der Waals surface area contributed by atoms with Crippen molar-refractivity contribution in [3.63, 3.8) is 0 Å². The lowest BCUT2D eigenvalue weighted by molar-refractivity contribution is -0.0387. The number of hydrogen-bond acceptors (Lipinski definition) is 4. The molecule has 0 aromatic heterocycles. The van der Waals surface area contributed by atoms with Crippen LogP contribution in [0.5, 0.6) is 0 Å². The van der Waals surface area contributed by atoms with E-state index in [4.69, 9.17) is 10.6 Å². The number of morpholine rings is 1. The first kappa shape index (κ1) is 12.9. The normalized spacial score (nSPS) is 23.8. The van der Waals surface area contributed by atoms with Gasteiger partial charge >= 0.3 is 0 Å². The molecule has 2 rings (SSSR count). The SMILES string of the molecule is CC1CN(C(=O)c2ccc(NN)cc2)C(C)CO1. The van der Waals surface area contributed by atoms with E-state index in [0.717, 1.165) is 5.69 Å². The number of ether oxygens (including phenoxy) is 1. The van der Waals surface area contributed by atoms with Crippen LogP contribution in [-0.4, -0.2) is 36.1 Å². The smallest absolute Gasteiger partial charge is 0.254 e. The van der Waals surface area contributed by atoms with Crippen molar-refractivity contribution in [2.45, 2.75) is 26.0 Å². The van der Waals surface area contributed by atoms with Gasteiger partial charge in [0.2, 0.25) is 0 Å². The molecule has 3 N–H and O–H groups in total. The third kappa shape index (κ3) is 2.63. The molecule has 1 aliphatic heterocycles. The fourth-order valence-corrected chi connectivity index (χ4v) is 2.06. The lowest BCUT2D eigenvalue weighted by Crippen LogP contribution is -2.50. The number of carbonyl (C=O) groups is 1. The minimum atomic E-state index is 0.0428. The molecule has 98 valence electrons. The van der Waals surface area contributed by atoms with Crippen LogP contribution >= 0.6 is 0 Å². The van der Waals surface area contributed by atoms with E-state index in [1.165, 1.54) is 0 Å². The molecule has 0 spiro atoms. The van der Waals surface area contributed by atoms with Crippen molar-refractivity contribution in [3.05, 3.63) is 29.8 Å². The number of nitrogens with zero attached hydrogens (tertiary/aromatic N) is 1. The summed E-state index contributed by atoms with van der Waals surface area (Å²) in [5.74, 6) is 5.34. The maximum Gasteiger partial charge on any atom is 0.254 e. The molecule has 1 saturated heterocycles. The number of hydrazine groups is 1. The van der Waals surface area contributed by atoms with Crippen LogP contribution in [0.3, 0.4) is 0 Å². The van der Waals surface area contributed by atoms with E-state index in [0.29, 0.717) is 18.7 Å². The molecule has 18 heavy (non-hydrogen) atoms. The summed E-state index contributed by atoms with van der Waals surface area (Å²) in [7, 11) is 0. The average Bonchev–Trinajstić information content (AvgIpc) is 2.41. The van der Waals surface area contributed by atoms with Crippen molar-refractivity contribution >= 4 is 11.6 Å². The van der Waals surface area contributed by atoms with Gasteiger partial charge in [-0.2, -0.15) is 0 Å². The van der Waals surface area contributed by atoms with Crippen LogP contribution in [0.2, 0.25) is 0 Å². The zero-order valence-corrected chi connectivity index (χ0v) is 10.7. The molecule has 2 atom stereocenters. The molecule has 2 unspecified atom stereocenters. The van der Waals surface area contributed by atoms with Gasteiger partial charge in [-0.15, -0.1) is 0 Å². The van der Waals surface area contributed by atoms with Crippen LogP contribution < -0.4 is 11.3 Å². The lowest BCUT2D eigenvalue weighted by Gasteiger charge is -2.36. The number of nitrogen functional groups attached to an aromatic ring is 1. The van der Waals surface area contributed by atoms with Crippen molar-refractivity contribution < 1.29 is 9.53 Å². The molecule has 1 amide bonds. The summed E-state index contributed by atoms with van der Waals surface area (Å²) in [6, 6.07) is 7.26.